The van der Waals surface area contributed by atoms with E-state index in [2.05, 4.69) is 0 Å². The number of benzene rings is 1. The molecule has 124 valence electrons. The lowest BCUT2D eigenvalue weighted by Crippen LogP contribution is -2.33. The number of carbonyl (C=O) groups is 1. The van der Waals surface area contributed by atoms with Gasteiger partial charge in [0.1, 0.15) is 5.82 Å². The van der Waals surface area contributed by atoms with Gasteiger partial charge in [0.2, 0.25) is 0 Å². The molecule has 0 amide bonds. The van der Waals surface area contributed by atoms with Crippen molar-refractivity contribution in [3.05, 3.63) is 34.6 Å². The minimum atomic E-state index is -4.60. The molecule has 1 aromatic carbocycles. The summed E-state index contributed by atoms with van der Waals surface area (Å²) in [5.41, 5.74) is 0.0751. The van der Waals surface area contributed by atoms with Crippen molar-refractivity contribution < 1.29 is 27.5 Å². The molecule has 3 nitrogen and oxygen atoms in total. The molecule has 2 rings (SSSR count). The summed E-state index contributed by atoms with van der Waals surface area (Å²) in [7, 11) is 0. The predicted molar refractivity (Wildman–Crippen MR) is 74.6 cm³/mol. The summed E-state index contributed by atoms with van der Waals surface area (Å²) in [5.74, 6) is -5.62. The van der Waals surface area contributed by atoms with Gasteiger partial charge in [-0.1, -0.05) is 17.7 Å². The Kier molecular flexibility index (Phi) is 6.06. The molecule has 0 aliphatic carbocycles. The summed E-state index contributed by atoms with van der Waals surface area (Å²) in [5, 5.41) is 9.02. The van der Waals surface area contributed by atoms with Gasteiger partial charge in [-0.2, -0.15) is 13.2 Å². The van der Waals surface area contributed by atoms with E-state index in [9.17, 15) is 22.4 Å². The first-order chi connectivity index (χ1) is 9.70. The van der Waals surface area contributed by atoms with Gasteiger partial charge >= 0.3 is 12.1 Å². The van der Waals surface area contributed by atoms with E-state index in [4.69, 9.17) is 16.7 Å². The van der Waals surface area contributed by atoms with Crippen LogP contribution in [0.15, 0.2) is 18.2 Å². The first-order valence-electron chi connectivity index (χ1n) is 6.15. The predicted octanol–water partition coefficient (Wildman–Crippen LogP) is 3.60. The zero-order valence-corrected chi connectivity index (χ0v) is 12.7. The van der Waals surface area contributed by atoms with Crippen molar-refractivity contribution in [1.29, 1.82) is 0 Å². The van der Waals surface area contributed by atoms with Crippen molar-refractivity contribution >= 4 is 30.0 Å². The highest BCUT2D eigenvalue weighted by Crippen LogP contribution is 2.38. The van der Waals surface area contributed by atoms with Gasteiger partial charge in [0.25, 0.3) is 0 Å². The standard InChI is InChI=1S/C13H12ClF4NO2.ClH/c14-10-2-1-3-11(15)8(10)5-19-4-7(12(20)21)9(6-19)13(16,17)18;/h1-3,7,9H,4-6H2,(H,20,21);1H/t7-,9-;/m1./s1. The second-order valence-corrected chi connectivity index (χ2v) is 5.39. The fourth-order valence-electron chi connectivity index (χ4n) is 2.50. The number of hydrogen-bond donors (Lipinski definition) is 1. The lowest BCUT2D eigenvalue weighted by atomic mass is 9.96. The summed E-state index contributed by atoms with van der Waals surface area (Å²) in [6.07, 6.45) is -4.60. The molecule has 0 unspecified atom stereocenters. The largest absolute Gasteiger partial charge is 0.481 e. The average Bonchev–Trinajstić information content (AvgIpc) is 2.78. The molecule has 0 spiro atoms. The van der Waals surface area contributed by atoms with Crippen LogP contribution in [0.5, 0.6) is 0 Å². The molecule has 1 heterocycles. The molecule has 1 aliphatic rings. The van der Waals surface area contributed by atoms with Crippen LogP contribution in [0.1, 0.15) is 5.56 Å². The number of aliphatic carboxylic acids is 1. The van der Waals surface area contributed by atoms with Crippen LogP contribution in [-0.4, -0.2) is 35.2 Å². The van der Waals surface area contributed by atoms with Gasteiger partial charge < -0.3 is 5.11 Å². The summed E-state index contributed by atoms with van der Waals surface area (Å²) < 4.78 is 52.2. The lowest BCUT2D eigenvalue weighted by Gasteiger charge is -2.19. The average molecular weight is 362 g/mol. The second-order valence-electron chi connectivity index (χ2n) is 4.99. The fourth-order valence-corrected chi connectivity index (χ4v) is 2.73. The number of alkyl halides is 3. The van der Waals surface area contributed by atoms with E-state index < -0.39 is 36.3 Å². The number of likely N-dealkylation sites (tertiary alicyclic amines) is 1. The van der Waals surface area contributed by atoms with E-state index in [1.54, 1.807) is 0 Å². The molecule has 1 fully saturated rings. The van der Waals surface area contributed by atoms with Crippen LogP contribution in [0.3, 0.4) is 0 Å². The molecular formula is C13H13Cl2F4NO2. The zero-order chi connectivity index (χ0) is 15.8. The summed E-state index contributed by atoms with van der Waals surface area (Å²) >= 11 is 5.83. The Morgan fingerprint density at radius 3 is 2.45 bits per heavy atom. The molecule has 0 saturated carbocycles. The van der Waals surface area contributed by atoms with Gasteiger partial charge in [-0.15, -0.1) is 12.4 Å². The number of halogens is 6. The van der Waals surface area contributed by atoms with E-state index in [-0.39, 0.29) is 36.1 Å². The number of carboxylic acids is 1. The topological polar surface area (TPSA) is 40.5 Å². The van der Waals surface area contributed by atoms with Crippen LogP contribution >= 0.6 is 24.0 Å². The van der Waals surface area contributed by atoms with Gasteiger partial charge in [-0.25, -0.2) is 4.39 Å². The highest BCUT2D eigenvalue weighted by Gasteiger charge is 2.52. The van der Waals surface area contributed by atoms with Crippen molar-refractivity contribution in [2.45, 2.75) is 12.7 Å². The Balaban J connectivity index is 0.00000242. The van der Waals surface area contributed by atoms with Gasteiger partial charge in [0.15, 0.2) is 0 Å². The van der Waals surface area contributed by atoms with Gasteiger partial charge in [0, 0.05) is 30.2 Å². The third-order valence-corrected chi connectivity index (χ3v) is 3.93. The smallest absolute Gasteiger partial charge is 0.393 e. The molecule has 0 aromatic heterocycles. The normalized spacial score (nSPS) is 22.4. The fraction of sp³-hybridized carbons (Fsp3) is 0.462. The van der Waals surface area contributed by atoms with Crippen LogP contribution < -0.4 is 0 Å². The number of rotatable bonds is 3. The van der Waals surface area contributed by atoms with Crippen LogP contribution in [0.2, 0.25) is 5.02 Å². The maximum absolute atomic E-state index is 13.6. The SMILES string of the molecule is Cl.O=C(O)[C@@H]1CN(Cc2c(F)cccc2Cl)C[C@H]1C(F)(F)F. The molecule has 0 bridgehead atoms. The first kappa shape index (κ1) is 19.0. The molecule has 1 aromatic rings. The quantitative estimate of drug-likeness (QED) is 0.836. The Bertz CT molecular complexity index is 533. The van der Waals surface area contributed by atoms with E-state index in [1.165, 1.54) is 17.0 Å². The summed E-state index contributed by atoms with van der Waals surface area (Å²) in [6, 6.07) is 3.99. The first-order valence-corrected chi connectivity index (χ1v) is 6.52. The van der Waals surface area contributed by atoms with Gasteiger partial charge in [-0.3, -0.25) is 9.69 Å². The third kappa shape index (κ3) is 4.02. The molecule has 2 atom stereocenters. The highest BCUT2D eigenvalue weighted by molar-refractivity contribution is 6.31. The van der Waals surface area contributed by atoms with Gasteiger partial charge in [0.05, 0.1) is 11.8 Å². The minimum Gasteiger partial charge on any atom is -0.481 e. The van der Waals surface area contributed by atoms with E-state index in [0.717, 1.165) is 6.07 Å². The highest BCUT2D eigenvalue weighted by atomic mass is 35.5. The molecule has 22 heavy (non-hydrogen) atoms. The van der Waals surface area contributed by atoms with Crippen molar-refractivity contribution in [3.63, 3.8) is 0 Å². The monoisotopic (exact) mass is 361 g/mol. The van der Waals surface area contributed by atoms with E-state index in [1.807, 2.05) is 0 Å². The Hall–Kier alpha value is -1.05. The maximum atomic E-state index is 13.6. The molecule has 1 N–H and O–H groups in total. The zero-order valence-electron chi connectivity index (χ0n) is 11.1. The summed E-state index contributed by atoms with van der Waals surface area (Å²) in [4.78, 5) is 12.2. The molecule has 0 radical (unpaired) electrons. The lowest BCUT2D eigenvalue weighted by molar-refractivity contribution is -0.188. The van der Waals surface area contributed by atoms with E-state index in [0.29, 0.717) is 0 Å². The van der Waals surface area contributed by atoms with Crippen molar-refractivity contribution in [2.24, 2.45) is 11.8 Å². The third-order valence-electron chi connectivity index (χ3n) is 3.58. The van der Waals surface area contributed by atoms with Crippen molar-refractivity contribution in [2.75, 3.05) is 13.1 Å². The molecule has 1 saturated heterocycles. The molecule has 9 heteroatoms. The van der Waals surface area contributed by atoms with Crippen molar-refractivity contribution in [3.8, 4) is 0 Å². The van der Waals surface area contributed by atoms with Crippen LogP contribution in [-0.2, 0) is 11.3 Å². The van der Waals surface area contributed by atoms with E-state index >= 15 is 0 Å². The molecule has 1 aliphatic heterocycles. The van der Waals surface area contributed by atoms with Crippen molar-refractivity contribution in [1.82, 2.24) is 4.90 Å². The molecular weight excluding hydrogens is 349 g/mol. The van der Waals surface area contributed by atoms with Crippen LogP contribution in [0.4, 0.5) is 17.6 Å². The Labute approximate surface area is 135 Å². The number of carboxylic acid groups (broad SMARTS) is 1. The Morgan fingerprint density at radius 1 is 1.36 bits per heavy atom. The maximum Gasteiger partial charge on any atom is 0.393 e. The Morgan fingerprint density at radius 2 is 2.00 bits per heavy atom. The second kappa shape index (κ2) is 7.02. The van der Waals surface area contributed by atoms with Crippen LogP contribution in [0.25, 0.3) is 0 Å². The minimum absolute atomic E-state index is 0. The number of hydrogen-bond acceptors (Lipinski definition) is 2. The number of nitrogens with zero attached hydrogens (tertiary/aromatic N) is 1. The van der Waals surface area contributed by atoms with Gasteiger partial charge in [-0.05, 0) is 12.1 Å². The van der Waals surface area contributed by atoms with Crippen LogP contribution in [0, 0.1) is 17.7 Å². The summed E-state index contributed by atoms with van der Waals surface area (Å²) in [6.45, 7) is -0.919.